The Morgan fingerprint density at radius 1 is 1.11 bits per heavy atom. The number of allylic oxidation sites excluding steroid dienone is 2. The zero-order chi connectivity index (χ0) is 29.6. The summed E-state index contributed by atoms with van der Waals surface area (Å²) in [6.07, 6.45) is 11.3. The maximum absolute atomic E-state index is 14.2. The Morgan fingerprint density at radius 2 is 1.80 bits per heavy atom. The molecule has 1 aromatic heterocycles. The standard InChI is InChI=1S/C29H29F2N5O.C4H6O.2CH4/c1-29(30,31)27-21(23-16-32-23)14-19(15-33-27)28(37)35-13-12-25-26-22(4-2-3-5-24(26)35)34-36(25)20-10-8-18(9-11-20)17-6-7-17;1-3-4(2)5;;/h8-11,14-17,24,32H,2-7,12-13H2,1H3;3H,1H2,2H3;2*1H4/q+1;;;/t24-;;;/m0.../s1. The van der Waals surface area contributed by atoms with Gasteiger partial charge in [0.25, 0.3) is 17.9 Å². The van der Waals surface area contributed by atoms with Gasteiger partial charge in [-0.3, -0.25) is 14.6 Å². The molecule has 1 atom stereocenters. The third-order valence-corrected chi connectivity index (χ3v) is 8.40. The Bertz CT molecular complexity index is 1530. The van der Waals surface area contributed by atoms with Crippen LogP contribution in [0.5, 0.6) is 0 Å². The van der Waals surface area contributed by atoms with Crippen LogP contribution >= 0.6 is 0 Å². The normalized spacial score (nSPS) is 20.3. The van der Waals surface area contributed by atoms with E-state index in [1.807, 2.05) is 4.90 Å². The lowest BCUT2D eigenvalue weighted by Gasteiger charge is -2.37. The topological polar surface area (TPSA) is 87.6 Å². The van der Waals surface area contributed by atoms with Crippen molar-refractivity contribution < 1.29 is 23.1 Å². The molecule has 9 heteroatoms. The Morgan fingerprint density at radius 3 is 2.39 bits per heavy atom. The molecule has 5 aliphatic rings. The highest BCUT2D eigenvalue weighted by Gasteiger charge is 2.50. The molecule has 2 aromatic rings. The number of pyridine rings is 1. The van der Waals surface area contributed by atoms with E-state index in [1.165, 1.54) is 49.2 Å². The lowest BCUT2D eigenvalue weighted by molar-refractivity contribution is -0.487. The number of aromatic nitrogens is 1. The molecule has 3 aliphatic heterocycles. The van der Waals surface area contributed by atoms with Crippen molar-refractivity contribution in [3.8, 4) is 0 Å². The number of alkyl halides is 2. The second kappa shape index (κ2) is 12.9. The van der Waals surface area contributed by atoms with Crippen LogP contribution in [0.15, 0.2) is 71.8 Å². The molecular formula is C35H43F2N5O2+. The predicted molar refractivity (Wildman–Crippen MR) is 168 cm³/mol. The van der Waals surface area contributed by atoms with Gasteiger partial charge in [-0.25, -0.2) is 0 Å². The fourth-order valence-corrected chi connectivity index (χ4v) is 6.05. The van der Waals surface area contributed by atoms with Crippen LogP contribution in [0.2, 0.25) is 0 Å². The van der Waals surface area contributed by atoms with Gasteiger partial charge in [-0.15, -0.1) is 0 Å². The van der Waals surface area contributed by atoms with Crippen LogP contribution < -0.4 is 5.32 Å². The Balaban J connectivity index is 0.000000587. The fourth-order valence-electron chi connectivity index (χ4n) is 6.05. The van der Waals surface area contributed by atoms with Gasteiger partial charge in [0.15, 0.2) is 5.78 Å². The maximum Gasteiger partial charge on any atom is 0.291 e. The number of carbonyl (C=O) groups excluding carboxylic acids is 2. The summed E-state index contributed by atoms with van der Waals surface area (Å²) in [4.78, 5) is 29.5. The van der Waals surface area contributed by atoms with Crippen molar-refractivity contribution in [2.24, 2.45) is 5.11 Å². The molecule has 1 amide bonds. The SMILES string of the molecule is C.C.C=CC(C)=O.CC(F)(F)c1ncc(C(=O)N2CC[C]3C4=C(CCCC[C@@H]42)N=[N+]3c2ccc(C3CC3)cc2)cc1C1=CN1. The molecule has 1 radical (unpaired) electrons. The van der Waals surface area contributed by atoms with Crippen molar-refractivity contribution in [3.05, 3.63) is 95.1 Å². The highest BCUT2D eigenvalue weighted by molar-refractivity contribution is 5.96. The minimum atomic E-state index is -3.09. The molecule has 0 spiro atoms. The number of amides is 1. The van der Waals surface area contributed by atoms with E-state index in [2.05, 4.69) is 45.8 Å². The van der Waals surface area contributed by atoms with Crippen LogP contribution in [0, 0.1) is 6.04 Å². The third-order valence-electron chi connectivity index (χ3n) is 8.40. The number of hydrogen-bond acceptors (Lipinski definition) is 5. The summed E-state index contributed by atoms with van der Waals surface area (Å²) in [6.45, 7) is 6.07. The van der Waals surface area contributed by atoms with Crippen molar-refractivity contribution in [1.82, 2.24) is 15.2 Å². The van der Waals surface area contributed by atoms with Crippen molar-refractivity contribution >= 4 is 23.1 Å². The number of halogens is 2. The van der Waals surface area contributed by atoms with Crippen LogP contribution in [0.3, 0.4) is 0 Å². The molecule has 0 bridgehead atoms. The van der Waals surface area contributed by atoms with Gasteiger partial charge in [-0.1, -0.05) is 44.7 Å². The number of benzene rings is 1. The number of rotatable bonds is 6. The summed E-state index contributed by atoms with van der Waals surface area (Å²) in [6, 6.07) is 11.5. The van der Waals surface area contributed by atoms with Gasteiger partial charge < -0.3 is 10.2 Å². The Labute approximate surface area is 259 Å². The van der Waals surface area contributed by atoms with E-state index in [9.17, 15) is 18.4 Å². The average Bonchev–Trinajstić information content (AvgIpc) is 3.90. The second-order valence-electron chi connectivity index (χ2n) is 11.6. The van der Waals surface area contributed by atoms with Crippen LogP contribution in [0.1, 0.15) is 107 Å². The summed E-state index contributed by atoms with van der Waals surface area (Å²) in [5, 5.41) is 7.93. The van der Waals surface area contributed by atoms with Crippen LogP contribution in [0.4, 0.5) is 14.5 Å². The number of piperidine rings is 1. The Hall–Kier alpha value is -4.01. The summed E-state index contributed by atoms with van der Waals surface area (Å²) >= 11 is 0. The molecule has 1 saturated carbocycles. The second-order valence-corrected chi connectivity index (χ2v) is 11.6. The van der Waals surface area contributed by atoms with Crippen LogP contribution in [0.25, 0.3) is 5.70 Å². The van der Waals surface area contributed by atoms with Crippen molar-refractivity contribution in [1.29, 1.82) is 0 Å². The molecule has 44 heavy (non-hydrogen) atoms. The number of ketones is 1. The molecule has 2 aliphatic carbocycles. The molecule has 1 aromatic carbocycles. The number of nitrogens with zero attached hydrogens (tertiary/aromatic N) is 4. The molecule has 1 N–H and O–H groups in total. The van der Waals surface area contributed by atoms with Crippen LogP contribution in [-0.4, -0.2) is 38.9 Å². The first kappa shape index (κ1) is 32.9. The molecule has 1 saturated heterocycles. The number of azo groups is 2. The van der Waals surface area contributed by atoms with E-state index in [0.717, 1.165) is 44.0 Å². The lowest BCUT2D eigenvalue weighted by atomic mass is 9.87. The van der Waals surface area contributed by atoms with Crippen molar-refractivity contribution in [2.45, 2.75) is 91.5 Å². The highest BCUT2D eigenvalue weighted by atomic mass is 19.3. The first-order valence-electron chi connectivity index (χ1n) is 14.7. The van der Waals surface area contributed by atoms with E-state index in [1.54, 1.807) is 12.3 Å². The zero-order valence-corrected chi connectivity index (χ0v) is 24.0. The third kappa shape index (κ3) is 6.56. The van der Waals surface area contributed by atoms with E-state index >= 15 is 0 Å². The lowest BCUT2D eigenvalue weighted by Crippen LogP contribution is -2.48. The largest absolute Gasteiger partial charge is 0.358 e. The molecule has 233 valence electrons. The quantitative estimate of drug-likeness (QED) is 0.265. The van der Waals surface area contributed by atoms with Crippen LogP contribution in [-0.2, 0) is 10.7 Å². The maximum atomic E-state index is 14.2. The van der Waals surface area contributed by atoms with Crippen molar-refractivity contribution in [2.75, 3.05) is 6.54 Å². The van der Waals surface area contributed by atoms with Crippen molar-refractivity contribution in [3.63, 3.8) is 0 Å². The van der Waals surface area contributed by atoms with Gasteiger partial charge in [-0.05, 0) is 67.8 Å². The summed E-state index contributed by atoms with van der Waals surface area (Å²) < 4.78 is 30.4. The minimum absolute atomic E-state index is 0. The van der Waals surface area contributed by atoms with Gasteiger partial charge in [-0.2, -0.15) is 8.78 Å². The van der Waals surface area contributed by atoms with Gasteiger partial charge in [0.2, 0.25) is 5.69 Å². The summed E-state index contributed by atoms with van der Waals surface area (Å²) in [7, 11) is 0. The molecule has 2 fully saturated rings. The predicted octanol–water partition coefficient (Wildman–Crippen LogP) is 8.39. The van der Waals surface area contributed by atoms with Gasteiger partial charge in [0.05, 0.1) is 22.9 Å². The number of likely N-dealkylation sites (tertiary alicyclic amines) is 1. The van der Waals surface area contributed by atoms with E-state index < -0.39 is 5.92 Å². The first-order valence-corrected chi connectivity index (χ1v) is 14.7. The average molecular weight is 604 g/mol. The van der Waals surface area contributed by atoms with Gasteiger partial charge in [0.1, 0.15) is 11.4 Å². The molecular weight excluding hydrogens is 560 g/mol. The minimum Gasteiger partial charge on any atom is -0.358 e. The molecule has 7 nitrogen and oxygen atoms in total. The Kier molecular flexibility index (Phi) is 9.66. The monoisotopic (exact) mass is 603 g/mol. The number of nitrogens with one attached hydrogen (secondary N) is 1. The summed E-state index contributed by atoms with van der Waals surface area (Å²) in [5.41, 5.74) is 5.64. The zero-order valence-electron chi connectivity index (χ0n) is 24.0. The smallest absolute Gasteiger partial charge is 0.291 e. The highest BCUT2D eigenvalue weighted by Crippen LogP contribution is 2.47. The van der Waals surface area contributed by atoms with Gasteiger partial charge in [0, 0.05) is 50.0 Å². The molecule has 7 rings (SSSR count). The first-order chi connectivity index (χ1) is 20.2. The van der Waals surface area contributed by atoms with E-state index in [4.69, 9.17) is 5.11 Å². The van der Waals surface area contributed by atoms with Gasteiger partial charge >= 0.3 is 0 Å². The number of carbonyl (C=O) groups is 2. The van der Waals surface area contributed by atoms with E-state index in [0.29, 0.717) is 35.7 Å². The summed E-state index contributed by atoms with van der Waals surface area (Å²) in [5.74, 6) is -2.52. The fraction of sp³-hybridized carbons (Fsp3) is 0.429. The molecule has 0 unspecified atom stereocenters. The van der Waals surface area contributed by atoms with E-state index in [-0.39, 0.29) is 38.3 Å². The molecule has 4 heterocycles. The number of hydrogen-bond donors (Lipinski definition) is 1.